The van der Waals surface area contributed by atoms with Crippen LogP contribution in [0.2, 0.25) is 0 Å². The molecule has 1 aliphatic heterocycles. The second-order valence-electron chi connectivity index (χ2n) is 5.61. The highest BCUT2D eigenvalue weighted by molar-refractivity contribution is 7.89. The first-order chi connectivity index (χ1) is 9.84. The number of nitrogen functional groups attached to an aromatic ring is 1. The first kappa shape index (κ1) is 16.1. The molecule has 1 unspecified atom stereocenters. The normalized spacial score (nSPS) is 21.3. The highest BCUT2D eigenvalue weighted by atomic mass is 32.2. The monoisotopic (exact) mass is 312 g/mol. The minimum atomic E-state index is -3.80. The van der Waals surface area contributed by atoms with Gasteiger partial charge < -0.3 is 15.5 Å². The van der Waals surface area contributed by atoms with Gasteiger partial charge in [-0.1, -0.05) is 13.0 Å². The van der Waals surface area contributed by atoms with Crippen LogP contribution in [-0.4, -0.2) is 46.0 Å². The summed E-state index contributed by atoms with van der Waals surface area (Å²) in [5.41, 5.74) is 7.11. The quantitative estimate of drug-likeness (QED) is 0.807. The summed E-state index contributed by atoms with van der Waals surface area (Å²) in [6.07, 6.45) is 2.00. The van der Waals surface area contributed by atoms with Crippen molar-refractivity contribution in [2.75, 3.05) is 37.3 Å². The third kappa shape index (κ3) is 3.48. The van der Waals surface area contributed by atoms with Gasteiger partial charge in [-0.05, 0) is 38.6 Å². The lowest BCUT2D eigenvalue weighted by molar-refractivity contribution is 0.328. The smallest absolute Gasteiger partial charge is 0.240 e. The zero-order chi connectivity index (χ0) is 15.6. The van der Waals surface area contributed by atoms with Crippen molar-refractivity contribution in [3.05, 3.63) is 18.2 Å². The molecule has 0 spiro atoms. The van der Waals surface area contributed by atoms with Gasteiger partial charge >= 0.3 is 0 Å². The molecule has 1 fully saturated rings. The van der Waals surface area contributed by atoms with Crippen LogP contribution in [0.1, 0.15) is 19.8 Å². The maximum Gasteiger partial charge on any atom is 0.240 e. The fourth-order valence-electron chi connectivity index (χ4n) is 2.94. The van der Waals surface area contributed by atoms with Crippen LogP contribution in [0.25, 0.3) is 0 Å². The van der Waals surface area contributed by atoms with E-state index in [2.05, 4.69) is 23.8 Å². The molecule has 1 aromatic rings. The van der Waals surface area contributed by atoms with Crippen LogP contribution in [0.4, 0.5) is 11.4 Å². The van der Waals surface area contributed by atoms with Gasteiger partial charge in [-0.2, -0.15) is 0 Å². The van der Waals surface area contributed by atoms with Crippen LogP contribution in [0.3, 0.4) is 0 Å². The van der Waals surface area contributed by atoms with Gasteiger partial charge in [0, 0.05) is 19.1 Å². The predicted octanol–water partition coefficient (Wildman–Crippen LogP) is 0.837. The maximum absolute atomic E-state index is 11.6. The van der Waals surface area contributed by atoms with E-state index in [0.29, 0.717) is 6.04 Å². The maximum atomic E-state index is 11.6. The Bertz CT molecular complexity index is 603. The van der Waals surface area contributed by atoms with Crippen molar-refractivity contribution in [2.24, 2.45) is 5.14 Å². The van der Waals surface area contributed by atoms with Crippen molar-refractivity contribution < 1.29 is 8.42 Å². The molecule has 118 valence electrons. The second kappa shape index (κ2) is 6.21. The van der Waals surface area contributed by atoms with E-state index < -0.39 is 10.0 Å². The summed E-state index contributed by atoms with van der Waals surface area (Å²) < 4.78 is 23.3. The lowest BCUT2D eigenvalue weighted by atomic mass is 10.1. The molecule has 1 atom stereocenters. The van der Waals surface area contributed by atoms with E-state index in [4.69, 9.17) is 10.9 Å². The molecule has 0 aromatic heterocycles. The Balaban J connectivity index is 2.45. The van der Waals surface area contributed by atoms with Gasteiger partial charge in [0.25, 0.3) is 0 Å². The number of nitrogens with zero attached hydrogens (tertiary/aromatic N) is 2. The molecule has 1 heterocycles. The van der Waals surface area contributed by atoms with Crippen LogP contribution in [0.5, 0.6) is 0 Å². The van der Waals surface area contributed by atoms with E-state index in [1.165, 1.54) is 6.07 Å². The van der Waals surface area contributed by atoms with Crippen molar-refractivity contribution >= 4 is 21.4 Å². The summed E-state index contributed by atoms with van der Waals surface area (Å²) in [7, 11) is -1.69. The van der Waals surface area contributed by atoms with Crippen molar-refractivity contribution in [1.82, 2.24) is 4.90 Å². The molecule has 6 nitrogen and oxygen atoms in total. The van der Waals surface area contributed by atoms with Gasteiger partial charge in [0.05, 0.1) is 11.4 Å². The molecule has 1 saturated heterocycles. The average molecular weight is 312 g/mol. The number of likely N-dealkylation sites (N-methyl/N-ethyl adjacent to an activating group) is 1. The van der Waals surface area contributed by atoms with Crippen LogP contribution in [0.15, 0.2) is 23.1 Å². The van der Waals surface area contributed by atoms with Gasteiger partial charge in [-0.15, -0.1) is 0 Å². The minimum Gasteiger partial charge on any atom is -0.396 e. The summed E-state index contributed by atoms with van der Waals surface area (Å²) in [5.74, 6) is 0. The summed E-state index contributed by atoms with van der Waals surface area (Å²) >= 11 is 0. The Hall–Kier alpha value is -1.31. The zero-order valence-electron chi connectivity index (χ0n) is 12.6. The molecule has 1 aliphatic rings. The first-order valence-corrected chi connectivity index (χ1v) is 8.75. The second-order valence-corrected chi connectivity index (χ2v) is 7.14. The molecule has 0 radical (unpaired) electrons. The largest absolute Gasteiger partial charge is 0.396 e. The number of hydrogen-bond acceptors (Lipinski definition) is 5. The fourth-order valence-corrected chi connectivity index (χ4v) is 3.62. The van der Waals surface area contributed by atoms with E-state index in [0.717, 1.165) is 38.2 Å². The number of rotatable bonds is 3. The third-order valence-electron chi connectivity index (χ3n) is 4.03. The Morgan fingerprint density at radius 2 is 2.05 bits per heavy atom. The number of anilines is 2. The standard InChI is InChI=1S/C14H24N4O2S/c1-3-11-10-17(2)8-5-9-18(11)12-6-4-7-13(14(12)15)21(16,19)20/h4,6-7,11H,3,5,8-10,15H2,1-2H3,(H2,16,19,20). The minimum absolute atomic E-state index is 0.00690. The molecule has 0 amide bonds. The van der Waals surface area contributed by atoms with E-state index >= 15 is 0 Å². The Labute approximate surface area is 126 Å². The number of para-hydroxylation sites is 1. The Kier molecular flexibility index (Phi) is 4.75. The van der Waals surface area contributed by atoms with Crippen LogP contribution >= 0.6 is 0 Å². The molecular formula is C14H24N4O2S. The van der Waals surface area contributed by atoms with Crippen LogP contribution < -0.4 is 15.8 Å². The number of benzene rings is 1. The molecule has 1 aromatic carbocycles. The molecule has 4 N–H and O–H groups in total. The third-order valence-corrected chi connectivity index (χ3v) is 5.00. The molecule has 0 aliphatic carbocycles. The summed E-state index contributed by atoms with van der Waals surface area (Å²) in [6, 6.07) is 5.35. The van der Waals surface area contributed by atoms with E-state index in [-0.39, 0.29) is 10.6 Å². The highest BCUT2D eigenvalue weighted by Crippen LogP contribution is 2.32. The van der Waals surface area contributed by atoms with E-state index in [1.54, 1.807) is 6.07 Å². The summed E-state index contributed by atoms with van der Waals surface area (Å²) in [6.45, 7) is 4.97. The van der Waals surface area contributed by atoms with Crippen molar-refractivity contribution in [2.45, 2.75) is 30.7 Å². The number of nitrogens with two attached hydrogens (primary N) is 2. The van der Waals surface area contributed by atoms with Crippen molar-refractivity contribution in [3.63, 3.8) is 0 Å². The Morgan fingerprint density at radius 1 is 1.33 bits per heavy atom. The average Bonchev–Trinajstić information content (AvgIpc) is 2.59. The molecule has 0 saturated carbocycles. The van der Waals surface area contributed by atoms with Gasteiger partial charge in [0.15, 0.2) is 0 Å². The van der Waals surface area contributed by atoms with E-state index in [1.807, 2.05) is 6.07 Å². The lowest BCUT2D eigenvalue weighted by Gasteiger charge is -2.33. The highest BCUT2D eigenvalue weighted by Gasteiger charge is 2.25. The Morgan fingerprint density at radius 3 is 2.67 bits per heavy atom. The van der Waals surface area contributed by atoms with Crippen molar-refractivity contribution in [1.29, 1.82) is 0 Å². The molecule has 2 rings (SSSR count). The molecular weight excluding hydrogens is 288 g/mol. The molecule has 7 heteroatoms. The van der Waals surface area contributed by atoms with Crippen LogP contribution in [-0.2, 0) is 10.0 Å². The summed E-state index contributed by atoms with van der Waals surface area (Å²) in [4.78, 5) is 4.52. The summed E-state index contributed by atoms with van der Waals surface area (Å²) in [5, 5.41) is 5.24. The number of hydrogen-bond donors (Lipinski definition) is 2. The predicted molar refractivity (Wildman–Crippen MR) is 85.8 cm³/mol. The lowest BCUT2D eigenvalue weighted by Crippen LogP contribution is -2.40. The van der Waals surface area contributed by atoms with Gasteiger partial charge in [0.1, 0.15) is 4.90 Å². The van der Waals surface area contributed by atoms with Crippen LogP contribution in [0, 0.1) is 0 Å². The first-order valence-electron chi connectivity index (χ1n) is 7.21. The molecule has 0 bridgehead atoms. The SMILES string of the molecule is CCC1CN(C)CCCN1c1cccc(S(N)(=O)=O)c1N. The number of sulfonamides is 1. The van der Waals surface area contributed by atoms with Gasteiger partial charge in [-0.25, -0.2) is 13.6 Å². The van der Waals surface area contributed by atoms with Gasteiger partial charge in [0.2, 0.25) is 10.0 Å². The fraction of sp³-hybridized carbons (Fsp3) is 0.571. The molecule has 21 heavy (non-hydrogen) atoms. The topological polar surface area (TPSA) is 92.7 Å². The van der Waals surface area contributed by atoms with Crippen molar-refractivity contribution in [3.8, 4) is 0 Å². The number of primary sulfonamides is 1. The van der Waals surface area contributed by atoms with Gasteiger partial charge in [-0.3, -0.25) is 0 Å². The zero-order valence-corrected chi connectivity index (χ0v) is 13.4. The van der Waals surface area contributed by atoms with E-state index in [9.17, 15) is 8.42 Å².